The highest BCUT2D eigenvalue weighted by atomic mass is 31.1. The van der Waals surface area contributed by atoms with Gasteiger partial charge >= 0.3 is 5.97 Å². The van der Waals surface area contributed by atoms with Crippen LogP contribution in [0.5, 0.6) is 0 Å². The summed E-state index contributed by atoms with van der Waals surface area (Å²) in [4.78, 5) is 15.6. The van der Waals surface area contributed by atoms with Gasteiger partial charge in [0.2, 0.25) is 0 Å². The Kier molecular flexibility index (Phi) is 9.55. The lowest BCUT2D eigenvalue weighted by molar-refractivity contribution is -0.138. The standard InChI is InChI=1S/C28H29FNO5P/c1-18(2)27-24(10-7-15-35-36(34)17-23(31)16-25(32)33)26(20-11-13-22(29)14-12-20)19(3)28(30-27)21-8-5-4-6-9-21/h4-6,8-9,11-14,18,23,31,36H,15-17H2,1-3H3,(H,32,33). The molecule has 8 heteroatoms. The van der Waals surface area contributed by atoms with Crippen molar-refractivity contribution < 1.29 is 28.5 Å². The van der Waals surface area contributed by atoms with Gasteiger partial charge in [-0.25, -0.2) is 4.39 Å². The first kappa shape index (κ1) is 27.3. The number of pyridine rings is 1. The minimum atomic E-state index is -2.65. The molecular weight excluding hydrogens is 480 g/mol. The maximum Gasteiger partial charge on any atom is 0.305 e. The molecule has 1 aromatic heterocycles. The maximum absolute atomic E-state index is 13.7. The molecule has 2 atom stereocenters. The molecule has 0 amide bonds. The molecule has 3 aromatic rings. The summed E-state index contributed by atoms with van der Waals surface area (Å²) in [5.74, 6) is 4.54. The number of hydrogen-bond acceptors (Lipinski definition) is 5. The predicted molar refractivity (Wildman–Crippen MR) is 139 cm³/mol. The van der Waals surface area contributed by atoms with Gasteiger partial charge in [-0.1, -0.05) is 68.2 Å². The molecule has 0 aliphatic heterocycles. The number of aliphatic hydroxyl groups is 1. The number of carboxylic acid groups (broad SMARTS) is 1. The summed E-state index contributed by atoms with van der Waals surface area (Å²) < 4.78 is 31.0. The summed E-state index contributed by atoms with van der Waals surface area (Å²) in [6.07, 6.45) is -1.98. The van der Waals surface area contributed by atoms with Crippen LogP contribution in [0.3, 0.4) is 0 Å². The van der Waals surface area contributed by atoms with E-state index < -0.39 is 26.5 Å². The van der Waals surface area contributed by atoms with Crippen LogP contribution in [0.2, 0.25) is 0 Å². The molecule has 0 aliphatic rings. The number of aromatic nitrogens is 1. The predicted octanol–water partition coefficient (Wildman–Crippen LogP) is 5.66. The fourth-order valence-corrected chi connectivity index (χ4v) is 4.74. The fraction of sp³-hybridized carbons (Fsp3) is 0.286. The summed E-state index contributed by atoms with van der Waals surface area (Å²) in [5, 5.41) is 18.4. The van der Waals surface area contributed by atoms with Crippen molar-refractivity contribution in [1.82, 2.24) is 4.98 Å². The van der Waals surface area contributed by atoms with Gasteiger partial charge in [-0.05, 0) is 36.1 Å². The van der Waals surface area contributed by atoms with Crippen molar-refractivity contribution in [2.45, 2.75) is 39.2 Å². The molecule has 188 valence electrons. The second-order valence-corrected chi connectivity index (χ2v) is 10.1. The number of benzene rings is 2. The Hall–Kier alpha value is -3.30. The van der Waals surface area contributed by atoms with E-state index in [2.05, 4.69) is 11.8 Å². The summed E-state index contributed by atoms with van der Waals surface area (Å²) >= 11 is 0. The van der Waals surface area contributed by atoms with Gasteiger partial charge < -0.3 is 14.7 Å². The summed E-state index contributed by atoms with van der Waals surface area (Å²) in [6.45, 7) is 5.84. The second-order valence-electron chi connectivity index (χ2n) is 8.67. The first-order valence-corrected chi connectivity index (χ1v) is 13.1. The van der Waals surface area contributed by atoms with E-state index in [0.717, 1.165) is 33.6 Å². The van der Waals surface area contributed by atoms with E-state index in [-0.39, 0.29) is 24.5 Å². The number of rotatable bonds is 9. The maximum atomic E-state index is 13.7. The molecule has 2 aromatic carbocycles. The van der Waals surface area contributed by atoms with E-state index in [1.54, 1.807) is 12.1 Å². The fourth-order valence-electron chi connectivity index (χ4n) is 3.86. The van der Waals surface area contributed by atoms with Gasteiger partial charge in [0.25, 0.3) is 0 Å². The smallest absolute Gasteiger partial charge is 0.305 e. The zero-order valence-corrected chi connectivity index (χ0v) is 21.4. The lowest BCUT2D eigenvalue weighted by Crippen LogP contribution is -2.15. The molecule has 6 nitrogen and oxygen atoms in total. The van der Waals surface area contributed by atoms with Gasteiger partial charge in [0.1, 0.15) is 12.4 Å². The molecule has 1 heterocycles. The van der Waals surface area contributed by atoms with E-state index in [4.69, 9.17) is 14.6 Å². The number of halogens is 1. The van der Waals surface area contributed by atoms with Gasteiger partial charge in [0, 0.05) is 17.3 Å². The van der Waals surface area contributed by atoms with Crippen LogP contribution in [0.15, 0.2) is 54.6 Å². The molecule has 2 N–H and O–H groups in total. The van der Waals surface area contributed by atoms with Crippen LogP contribution in [0, 0.1) is 24.6 Å². The van der Waals surface area contributed by atoms with Crippen molar-refractivity contribution in [1.29, 1.82) is 0 Å². The molecule has 0 bridgehead atoms. The zero-order chi connectivity index (χ0) is 26.2. The minimum Gasteiger partial charge on any atom is -0.481 e. The third kappa shape index (κ3) is 7.11. The number of carbonyl (C=O) groups is 1. The van der Waals surface area contributed by atoms with Crippen LogP contribution in [0.4, 0.5) is 4.39 Å². The van der Waals surface area contributed by atoms with Gasteiger partial charge in [-0.3, -0.25) is 14.3 Å². The minimum absolute atomic E-state index is 0.0303. The van der Waals surface area contributed by atoms with Crippen LogP contribution in [-0.4, -0.2) is 40.0 Å². The summed E-state index contributed by atoms with van der Waals surface area (Å²) in [5.41, 5.74) is 5.77. The van der Waals surface area contributed by atoms with E-state index in [1.807, 2.05) is 51.1 Å². The van der Waals surface area contributed by atoms with Gasteiger partial charge in [-0.15, -0.1) is 0 Å². The normalized spacial score (nSPS) is 12.6. The van der Waals surface area contributed by atoms with Crippen molar-refractivity contribution in [2.24, 2.45) is 0 Å². The number of aliphatic hydroxyl groups excluding tert-OH is 1. The Morgan fingerprint density at radius 2 is 1.78 bits per heavy atom. The molecule has 3 rings (SSSR count). The van der Waals surface area contributed by atoms with Crippen LogP contribution >= 0.6 is 8.03 Å². The first-order chi connectivity index (χ1) is 17.2. The van der Waals surface area contributed by atoms with Crippen LogP contribution in [0.1, 0.15) is 43.0 Å². The van der Waals surface area contributed by atoms with E-state index in [1.165, 1.54) is 12.1 Å². The Morgan fingerprint density at radius 1 is 1.11 bits per heavy atom. The average molecular weight is 510 g/mol. The summed E-state index contributed by atoms with van der Waals surface area (Å²) in [7, 11) is -2.65. The Balaban J connectivity index is 2.02. The quantitative estimate of drug-likeness (QED) is 0.285. The molecule has 0 spiro atoms. The SMILES string of the molecule is Cc1c(-c2ccccc2)nc(C(C)C)c(C#CCO[PH](=O)CC(O)CC(=O)O)c1-c1ccc(F)cc1. The number of carboxylic acids is 1. The van der Waals surface area contributed by atoms with Crippen LogP contribution in [0.25, 0.3) is 22.4 Å². The van der Waals surface area contributed by atoms with Gasteiger partial charge in [-0.2, -0.15) is 0 Å². The molecule has 0 fully saturated rings. The lowest BCUT2D eigenvalue weighted by atomic mass is 9.88. The van der Waals surface area contributed by atoms with E-state index in [0.29, 0.717) is 5.56 Å². The third-order valence-electron chi connectivity index (χ3n) is 5.53. The van der Waals surface area contributed by atoms with E-state index in [9.17, 15) is 18.9 Å². The molecule has 0 saturated heterocycles. The molecule has 2 unspecified atom stereocenters. The number of hydrogen-bond donors (Lipinski definition) is 2. The first-order valence-electron chi connectivity index (χ1n) is 11.6. The van der Waals surface area contributed by atoms with Gasteiger partial charge in [0.05, 0.1) is 29.5 Å². The van der Waals surface area contributed by atoms with Crippen molar-refractivity contribution in [3.63, 3.8) is 0 Å². The number of aliphatic carboxylic acids is 1. The largest absolute Gasteiger partial charge is 0.481 e. The van der Waals surface area contributed by atoms with Crippen LogP contribution < -0.4 is 0 Å². The second kappa shape index (κ2) is 12.6. The highest BCUT2D eigenvalue weighted by molar-refractivity contribution is 7.39. The average Bonchev–Trinajstić information content (AvgIpc) is 2.82. The van der Waals surface area contributed by atoms with Crippen molar-refractivity contribution >= 4 is 14.0 Å². The monoisotopic (exact) mass is 509 g/mol. The van der Waals surface area contributed by atoms with E-state index >= 15 is 0 Å². The molecule has 0 aliphatic carbocycles. The third-order valence-corrected chi connectivity index (χ3v) is 6.80. The Bertz CT molecular complexity index is 1300. The molecular formula is C28H29FNO5P. The van der Waals surface area contributed by atoms with Crippen molar-refractivity contribution in [3.05, 3.63) is 77.2 Å². The lowest BCUT2D eigenvalue weighted by Gasteiger charge is -2.19. The highest BCUT2D eigenvalue weighted by Gasteiger charge is 2.20. The molecule has 36 heavy (non-hydrogen) atoms. The Morgan fingerprint density at radius 3 is 2.39 bits per heavy atom. The highest BCUT2D eigenvalue weighted by Crippen LogP contribution is 2.37. The van der Waals surface area contributed by atoms with Crippen LogP contribution in [-0.2, 0) is 13.9 Å². The van der Waals surface area contributed by atoms with Gasteiger partial charge in [0.15, 0.2) is 8.03 Å². The van der Waals surface area contributed by atoms with Crippen molar-refractivity contribution in [2.75, 3.05) is 12.8 Å². The number of nitrogens with zero attached hydrogens (tertiary/aromatic N) is 1. The molecule has 0 saturated carbocycles. The topological polar surface area (TPSA) is 96.7 Å². The van der Waals surface area contributed by atoms with Crippen molar-refractivity contribution in [3.8, 4) is 34.2 Å². The zero-order valence-electron chi connectivity index (χ0n) is 20.4. The Labute approximate surface area is 211 Å². The summed E-state index contributed by atoms with van der Waals surface area (Å²) in [6, 6.07) is 16.0. The molecule has 0 radical (unpaired) electrons.